The lowest BCUT2D eigenvalue weighted by Gasteiger charge is -2.41. The normalized spacial score (nSPS) is 30.0. The van der Waals surface area contributed by atoms with E-state index in [2.05, 4.69) is 24.1 Å². The van der Waals surface area contributed by atoms with Crippen LogP contribution in [0.1, 0.15) is 39.5 Å². The molecule has 1 heterocycles. The van der Waals surface area contributed by atoms with Crippen LogP contribution in [0.3, 0.4) is 0 Å². The minimum absolute atomic E-state index is 0.697. The summed E-state index contributed by atoms with van der Waals surface area (Å²) in [6.45, 7) is 9.20. The Bertz CT molecular complexity index is 241. The van der Waals surface area contributed by atoms with Crippen molar-refractivity contribution in [2.45, 2.75) is 51.6 Å². The zero-order valence-electron chi connectivity index (χ0n) is 12.3. The van der Waals surface area contributed by atoms with Crippen LogP contribution in [0, 0.1) is 11.8 Å². The van der Waals surface area contributed by atoms with Crippen molar-refractivity contribution < 1.29 is 4.74 Å². The Hall–Kier alpha value is -0.120. The second-order valence-corrected chi connectivity index (χ2v) is 6.48. The van der Waals surface area contributed by atoms with E-state index in [1.54, 1.807) is 7.11 Å². The molecule has 0 aromatic carbocycles. The maximum absolute atomic E-state index is 5.19. The van der Waals surface area contributed by atoms with E-state index in [1.807, 2.05) is 0 Å². The van der Waals surface area contributed by atoms with Crippen LogP contribution in [0.2, 0.25) is 0 Å². The molecule has 1 aliphatic carbocycles. The smallest absolute Gasteiger partial charge is 0.0474 e. The van der Waals surface area contributed by atoms with Crippen LogP contribution in [0.25, 0.3) is 0 Å². The SMILES string of the molecule is COCCCN1CC(CC(C)C)NCC1C1CC1. The third-order valence-electron chi connectivity index (χ3n) is 4.26. The summed E-state index contributed by atoms with van der Waals surface area (Å²) in [6.07, 6.45) is 5.37. The fraction of sp³-hybridized carbons (Fsp3) is 1.00. The van der Waals surface area contributed by atoms with Gasteiger partial charge in [-0.2, -0.15) is 0 Å². The maximum atomic E-state index is 5.19. The summed E-state index contributed by atoms with van der Waals surface area (Å²) in [7, 11) is 1.80. The van der Waals surface area contributed by atoms with Gasteiger partial charge in [-0.25, -0.2) is 0 Å². The van der Waals surface area contributed by atoms with Gasteiger partial charge in [-0.1, -0.05) is 13.8 Å². The number of ether oxygens (including phenoxy) is 1. The second-order valence-electron chi connectivity index (χ2n) is 6.48. The molecule has 0 aromatic rings. The molecule has 2 atom stereocenters. The molecule has 1 N–H and O–H groups in total. The van der Waals surface area contributed by atoms with Crippen LogP contribution in [-0.2, 0) is 4.74 Å². The molecule has 0 spiro atoms. The zero-order valence-corrected chi connectivity index (χ0v) is 12.3. The lowest BCUT2D eigenvalue weighted by molar-refractivity contribution is 0.0928. The van der Waals surface area contributed by atoms with Crippen LogP contribution in [-0.4, -0.2) is 50.3 Å². The molecule has 0 radical (unpaired) electrons. The molecule has 1 saturated heterocycles. The maximum Gasteiger partial charge on any atom is 0.0474 e. The van der Waals surface area contributed by atoms with E-state index in [1.165, 1.54) is 45.3 Å². The molecule has 0 bridgehead atoms. The van der Waals surface area contributed by atoms with Crippen LogP contribution in [0.5, 0.6) is 0 Å². The summed E-state index contributed by atoms with van der Waals surface area (Å²) in [5, 5.41) is 3.77. The number of hydrogen-bond acceptors (Lipinski definition) is 3. The predicted molar refractivity (Wildman–Crippen MR) is 75.8 cm³/mol. The Morgan fingerprint density at radius 1 is 1.33 bits per heavy atom. The van der Waals surface area contributed by atoms with E-state index in [-0.39, 0.29) is 0 Å². The van der Waals surface area contributed by atoms with E-state index >= 15 is 0 Å². The topological polar surface area (TPSA) is 24.5 Å². The highest BCUT2D eigenvalue weighted by molar-refractivity contribution is 4.95. The first kappa shape index (κ1) is 14.3. The summed E-state index contributed by atoms with van der Waals surface area (Å²) in [5.41, 5.74) is 0. The summed E-state index contributed by atoms with van der Waals surface area (Å²) in [5.74, 6) is 1.76. The lowest BCUT2D eigenvalue weighted by Crippen LogP contribution is -2.57. The lowest BCUT2D eigenvalue weighted by atomic mass is 9.98. The molecule has 1 aliphatic heterocycles. The van der Waals surface area contributed by atoms with Gasteiger partial charge in [0, 0.05) is 45.4 Å². The molecular formula is C15H30N2O. The Balaban J connectivity index is 1.82. The largest absolute Gasteiger partial charge is 0.385 e. The molecule has 2 aliphatic rings. The Labute approximate surface area is 112 Å². The van der Waals surface area contributed by atoms with Crippen LogP contribution >= 0.6 is 0 Å². The zero-order chi connectivity index (χ0) is 13.0. The van der Waals surface area contributed by atoms with E-state index < -0.39 is 0 Å². The number of rotatable bonds is 7. The highest BCUT2D eigenvalue weighted by Gasteiger charge is 2.38. The standard InChI is InChI=1S/C15H30N2O/c1-12(2)9-14-11-17(7-4-8-18-3)15(10-16-14)13-5-6-13/h12-16H,4-11H2,1-3H3. The predicted octanol–water partition coefficient (Wildman–Crippen LogP) is 2.12. The molecule has 18 heavy (non-hydrogen) atoms. The molecule has 106 valence electrons. The summed E-state index contributed by atoms with van der Waals surface area (Å²) in [4.78, 5) is 2.74. The number of nitrogens with one attached hydrogen (secondary N) is 1. The highest BCUT2D eigenvalue weighted by atomic mass is 16.5. The molecule has 3 heteroatoms. The van der Waals surface area contributed by atoms with Gasteiger partial charge in [-0.05, 0) is 37.5 Å². The van der Waals surface area contributed by atoms with Crippen molar-refractivity contribution in [1.82, 2.24) is 10.2 Å². The van der Waals surface area contributed by atoms with Crippen molar-refractivity contribution in [2.24, 2.45) is 11.8 Å². The van der Waals surface area contributed by atoms with E-state index in [9.17, 15) is 0 Å². The van der Waals surface area contributed by atoms with Crippen LogP contribution in [0.4, 0.5) is 0 Å². The summed E-state index contributed by atoms with van der Waals surface area (Å²) < 4.78 is 5.19. The summed E-state index contributed by atoms with van der Waals surface area (Å²) >= 11 is 0. The first-order valence-electron chi connectivity index (χ1n) is 7.67. The fourth-order valence-electron chi connectivity index (χ4n) is 3.24. The van der Waals surface area contributed by atoms with Gasteiger partial charge in [0.2, 0.25) is 0 Å². The highest BCUT2D eigenvalue weighted by Crippen LogP contribution is 2.36. The van der Waals surface area contributed by atoms with Crippen molar-refractivity contribution >= 4 is 0 Å². The average molecular weight is 254 g/mol. The molecule has 0 amide bonds. The Kier molecular flexibility index (Phi) is 5.46. The Morgan fingerprint density at radius 2 is 2.11 bits per heavy atom. The van der Waals surface area contributed by atoms with Crippen molar-refractivity contribution in [3.8, 4) is 0 Å². The van der Waals surface area contributed by atoms with Crippen LogP contribution < -0.4 is 5.32 Å². The molecule has 3 nitrogen and oxygen atoms in total. The number of methoxy groups -OCH3 is 1. The fourth-order valence-corrected chi connectivity index (χ4v) is 3.24. The van der Waals surface area contributed by atoms with Gasteiger partial charge in [0.15, 0.2) is 0 Å². The van der Waals surface area contributed by atoms with E-state index in [0.717, 1.165) is 24.5 Å². The van der Waals surface area contributed by atoms with Crippen molar-refractivity contribution in [3.63, 3.8) is 0 Å². The monoisotopic (exact) mass is 254 g/mol. The van der Waals surface area contributed by atoms with E-state index in [4.69, 9.17) is 4.74 Å². The summed E-state index contributed by atoms with van der Waals surface area (Å²) in [6, 6.07) is 1.49. The number of nitrogens with zero attached hydrogens (tertiary/aromatic N) is 1. The third kappa shape index (κ3) is 4.22. The van der Waals surface area contributed by atoms with Crippen LogP contribution in [0.15, 0.2) is 0 Å². The first-order valence-corrected chi connectivity index (χ1v) is 7.67. The molecular weight excluding hydrogens is 224 g/mol. The average Bonchev–Trinajstić information content (AvgIpc) is 3.13. The quantitative estimate of drug-likeness (QED) is 0.704. The van der Waals surface area contributed by atoms with Crippen molar-refractivity contribution in [2.75, 3.05) is 33.4 Å². The van der Waals surface area contributed by atoms with Gasteiger partial charge < -0.3 is 10.1 Å². The van der Waals surface area contributed by atoms with Gasteiger partial charge in [0.05, 0.1) is 0 Å². The number of piperazine rings is 1. The van der Waals surface area contributed by atoms with Gasteiger partial charge >= 0.3 is 0 Å². The first-order chi connectivity index (χ1) is 8.70. The molecule has 2 rings (SSSR count). The molecule has 1 saturated carbocycles. The van der Waals surface area contributed by atoms with Crippen molar-refractivity contribution in [3.05, 3.63) is 0 Å². The second kappa shape index (κ2) is 6.88. The number of hydrogen-bond donors (Lipinski definition) is 1. The van der Waals surface area contributed by atoms with Gasteiger partial charge in [0.1, 0.15) is 0 Å². The molecule has 2 unspecified atom stereocenters. The Morgan fingerprint density at radius 3 is 2.72 bits per heavy atom. The van der Waals surface area contributed by atoms with Crippen molar-refractivity contribution in [1.29, 1.82) is 0 Å². The molecule has 2 fully saturated rings. The minimum atomic E-state index is 0.697. The van der Waals surface area contributed by atoms with Gasteiger partial charge in [-0.3, -0.25) is 4.90 Å². The van der Waals surface area contributed by atoms with Gasteiger partial charge in [-0.15, -0.1) is 0 Å². The third-order valence-corrected chi connectivity index (χ3v) is 4.26. The van der Waals surface area contributed by atoms with Gasteiger partial charge in [0.25, 0.3) is 0 Å². The minimum Gasteiger partial charge on any atom is -0.385 e. The molecule has 0 aromatic heterocycles. The van der Waals surface area contributed by atoms with E-state index in [0.29, 0.717) is 6.04 Å².